The molecule has 1 amide bonds. The second kappa shape index (κ2) is 11.4. The molecule has 0 radical (unpaired) electrons. The molecular weight excluding hydrogens is 439 g/mol. The van der Waals surface area contributed by atoms with Crippen molar-refractivity contribution in [3.05, 3.63) is 64.2 Å². The second-order valence-corrected chi connectivity index (χ2v) is 9.64. The first-order valence-corrected chi connectivity index (χ1v) is 12.1. The van der Waals surface area contributed by atoms with Crippen LogP contribution in [0.3, 0.4) is 0 Å². The number of nitrogens with one attached hydrogen (secondary N) is 1. The van der Waals surface area contributed by atoms with E-state index in [2.05, 4.69) is 29.0 Å². The molecule has 1 aliphatic rings. The van der Waals surface area contributed by atoms with Crippen LogP contribution in [0.1, 0.15) is 59.3 Å². The number of carbonyl (C=O) groups is 1. The zero-order valence-corrected chi connectivity index (χ0v) is 20.6. The average molecular weight is 476 g/mol. The lowest BCUT2D eigenvalue weighted by Gasteiger charge is -2.32. The van der Waals surface area contributed by atoms with Crippen LogP contribution in [0.15, 0.2) is 36.4 Å². The molecule has 7 heteroatoms. The zero-order valence-electron chi connectivity index (χ0n) is 20.6. The summed E-state index contributed by atoms with van der Waals surface area (Å²) in [4.78, 5) is 17.2. The molecule has 0 saturated carbocycles. The number of amides is 1. The Labute approximate surface area is 201 Å². The van der Waals surface area contributed by atoms with Crippen LogP contribution in [-0.2, 0) is 19.1 Å². The molecule has 0 bridgehead atoms. The Balaban J connectivity index is 1.75. The van der Waals surface area contributed by atoms with Gasteiger partial charge in [0, 0.05) is 44.0 Å². The van der Waals surface area contributed by atoms with Crippen molar-refractivity contribution in [2.24, 2.45) is 5.92 Å². The van der Waals surface area contributed by atoms with E-state index in [1.165, 1.54) is 11.6 Å². The molecule has 0 aromatic heterocycles. The molecule has 1 N–H and O–H groups in total. The van der Waals surface area contributed by atoms with Gasteiger partial charge in [0.1, 0.15) is 0 Å². The second-order valence-electron chi connectivity index (χ2n) is 9.64. The molecule has 1 atom stereocenters. The fourth-order valence-electron chi connectivity index (χ4n) is 4.21. The van der Waals surface area contributed by atoms with Crippen molar-refractivity contribution in [2.75, 3.05) is 38.5 Å². The first-order valence-electron chi connectivity index (χ1n) is 12.1. The number of benzene rings is 2. The summed E-state index contributed by atoms with van der Waals surface area (Å²) in [6.07, 6.45) is -1.31. The number of hydrogen-bond donors (Lipinski definition) is 1. The highest BCUT2D eigenvalue weighted by atomic mass is 19.4. The van der Waals surface area contributed by atoms with Crippen molar-refractivity contribution >= 4 is 11.6 Å². The largest absolute Gasteiger partial charge is 0.416 e. The van der Waals surface area contributed by atoms with E-state index in [9.17, 15) is 18.0 Å². The minimum absolute atomic E-state index is 0.169. The zero-order chi connectivity index (χ0) is 24.9. The van der Waals surface area contributed by atoms with Gasteiger partial charge in [-0.05, 0) is 79.8 Å². The number of aryl methyl sites for hydroxylation is 2. The highest BCUT2D eigenvalue weighted by Crippen LogP contribution is 2.32. The van der Waals surface area contributed by atoms with Crippen LogP contribution in [0.4, 0.5) is 18.9 Å². The Morgan fingerprint density at radius 3 is 2.41 bits per heavy atom. The minimum Gasteiger partial charge on any atom is -0.322 e. The number of halogens is 3. The summed E-state index contributed by atoms with van der Waals surface area (Å²) in [5.41, 5.74) is 2.64. The van der Waals surface area contributed by atoms with Crippen molar-refractivity contribution in [1.82, 2.24) is 9.80 Å². The van der Waals surface area contributed by atoms with Crippen LogP contribution < -0.4 is 5.32 Å². The van der Waals surface area contributed by atoms with Gasteiger partial charge in [-0.2, -0.15) is 13.2 Å². The third-order valence-corrected chi connectivity index (χ3v) is 6.79. The van der Waals surface area contributed by atoms with Gasteiger partial charge in [-0.3, -0.25) is 9.69 Å². The number of alkyl halides is 3. The molecule has 34 heavy (non-hydrogen) atoms. The van der Waals surface area contributed by atoms with Gasteiger partial charge in [-0.1, -0.05) is 26.3 Å². The Morgan fingerprint density at radius 2 is 1.79 bits per heavy atom. The number of piperazine rings is 1. The number of carbonyl (C=O) groups excluding carboxylic acids is 1. The lowest BCUT2D eigenvalue weighted by molar-refractivity contribution is -0.137. The Bertz CT molecular complexity index is 982. The molecule has 1 unspecified atom stereocenters. The van der Waals surface area contributed by atoms with Gasteiger partial charge in [0.05, 0.1) is 5.56 Å². The lowest BCUT2D eigenvalue weighted by Crippen LogP contribution is -2.43. The summed E-state index contributed by atoms with van der Waals surface area (Å²) in [5.74, 6) is 0.241. The highest BCUT2D eigenvalue weighted by Gasteiger charge is 2.31. The maximum atomic E-state index is 13.6. The van der Waals surface area contributed by atoms with Gasteiger partial charge in [-0.15, -0.1) is 0 Å². The summed E-state index contributed by atoms with van der Waals surface area (Å²) < 4.78 is 40.7. The fraction of sp³-hybridized carbons (Fsp3) is 0.519. The van der Waals surface area contributed by atoms with E-state index in [1.807, 2.05) is 26.1 Å². The summed E-state index contributed by atoms with van der Waals surface area (Å²) in [6, 6.07) is 9.38. The van der Waals surface area contributed by atoms with Gasteiger partial charge in [0.15, 0.2) is 0 Å². The molecule has 0 spiro atoms. The highest BCUT2D eigenvalue weighted by molar-refractivity contribution is 6.04. The first kappa shape index (κ1) is 26.2. The van der Waals surface area contributed by atoms with Crippen LogP contribution in [0, 0.1) is 12.8 Å². The predicted molar refractivity (Wildman–Crippen MR) is 131 cm³/mol. The maximum absolute atomic E-state index is 13.6. The van der Waals surface area contributed by atoms with Crippen molar-refractivity contribution in [3.63, 3.8) is 0 Å². The topological polar surface area (TPSA) is 35.6 Å². The third kappa shape index (κ3) is 7.31. The number of nitrogens with zero attached hydrogens (tertiary/aromatic N) is 2. The van der Waals surface area contributed by atoms with Crippen LogP contribution in [0.5, 0.6) is 0 Å². The van der Waals surface area contributed by atoms with Crippen molar-refractivity contribution < 1.29 is 18.0 Å². The Morgan fingerprint density at radius 1 is 1.09 bits per heavy atom. The van der Waals surface area contributed by atoms with E-state index in [4.69, 9.17) is 0 Å². The van der Waals surface area contributed by atoms with Gasteiger partial charge < -0.3 is 10.2 Å². The van der Waals surface area contributed by atoms with Gasteiger partial charge >= 0.3 is 6.18 Å². The van der Waals surface area contributed by atoms with E-state index in [0.717, 1.165) is 57.1 Å². The first-order chi connectivity index (χ1) is 16.0. The maximum Gasteiger partial charge on any atom is 0.416 e. The summed E-state index contributed by atoms with van der Waals surface area (Å²) >= 11 is 0. The normalized spacial score (nSPS) is 16.4. The smallest absolute Gasteiger partial charge is 0.322 e. The molecule has 1 fully saturated rings. The molecule has 1 saturated heterocycles. The van der Waals surface area contributed by atoms with Crippen molar-refractivity contribution in [1.29, 1.82) is 0 Å². The quantitative estimate of drug-likeness (QED) is 0.509. The van der Waals surface area contributed by atoms with Crippen LogP contribution >= 0.6 is 0 Å². The molecule has 2 aromatic carbocycles. The van der Waals surface area contributed by atoms with Crippen LogP contribution in [0.2, 0.25) is 0 Å². The number of anilines is 1. The number of hydrogen-bond acceptors (Lipinski definition) is 3. The SMILES string of the molecule is CCC(C)CCc1ccc(C(=O)Nc2cc(CN3CCN(C)CC3)cc(C(F)(F)F)c2)cc1C. The fourth-order valence-corrected chi connectivity index (χ4v) is 4.21. The van der Waals surface area contributed by atoms with Gasteiger partial charge in [0.2, 0.25) is 0 Å². The molecular formula is C27H36F3N3O. The molecule has 2 aromatic rings. The number of rotatable bonds is 8. The Hall–Kier alpha value is -2.38. The standard InChI is InChI=1S/C27H36F3N3O/c1-5-19(2)6-7-22-8-9-23(14-20(22)3)26(34)31-25-16-21(15-24(17-25)27(28,29)30)18-33-12-10-32(4)11-13-33/h8-9,14-17,19H,5-7,10-13,18H2,1-4H3,(H,31,34). The predicted octanol–water partition coefficient (Wildman–Crippen LogP) is 5.99. The van der Waals surface area contributed by atoms with Gasteiger partial charge in [0.25, 0.3) is 5.91 Å². The van der Waals surface area contributed by atoms with Gasteiger partial charge in [-0.25, -0.2) is 0 Å². The lowest BCUT2D eigenvalue weighted by atomic mass is 9.95. The van der Waals surface area contributed by atoms with E-state index < -0.39 is 17.6 Å². The van der Waals surface area contributed by atoms with E-state index in [1.54, 1.807) is 12.1 Å². The van der Waals surface area contributed by atoms with Crippen LogP contribution in [0.25, 0.3) is 0 Å². The van der Waals surface area contributed by atoms with E-state index in [-0.39, 0.29) is 5.69 Å². The number of likely N-dealkylation sites (N-methyl/N-ethyl adjacent to an activating group) is 1. The van der Waals surface area contributed by atoms with E-state index in [0.29, 0.717) is 23.6 Å². The molecule has 1 aliphatic heterocycles. The molecule has 4 nitrogen and oxygen atoms in total. The Kier molecular flexibility index (Phi) is 8.77. The summed E-state index contributed by atoms with van der Waals surface area (Å²) in [6.45, 7) is 10.2. The summed E-state index contributed by atoms with van der Waals surface area (Å²) in [5, 5.41) is 2.70. The van der Waals surface area contributed by atoms with E-state index >= 15 is 0 Å². The van der Waals surface area contributed by atoms with Crippen molar-refractivity contribution in [2.45, 2.75) is 52.8 Å². The molecule has 0 aliphatic carbocycles. The van der Waals surface area contributed by atoms with Crippen molar-refractivity contribution in [3.8, 4) is 0 Å². The third-order valence-electron chi connectivity index (χ3n) is 6.79. The molecule has 1 heterocycles. The molecule has 3 rings (SSSR count). The monoisotopic (exact) mass is 475 g/mol. The van der Waals surface area contributed by atoms with Crippen LogP contribution in [-0.4, -0.2) is 48.9 Å². The minimum atomic E-state index is -4.48. The molecule has 186 valence electrons. The summed E-state index contributed by atoms with van der Waals surface area (Å²) in [7, 11) is 2.04. The average Bonchev–Trinajstić information content (AvgIpc) is 2.78.